The van der Waals surface area contributed by atoms with E-state index in [-0.39, 0.29) is 16.8 Å². The topological polar surface area (TPSA) is 85.5 Å². The molecule has 5 aromatic rings. The van der Waals surface area contributed by atoms with Crippen molar-refractivity contribution in [2.75, 3.05) is 4.90 Å². The van der Waals surface area contributed by atoms with Crippen LogP contribution >= 0.6 is 11.3 Å². The average molecular weight is 468 g/mol. The van der Waals surface area contributed by atoms with Gasteiger partial charge in [0, 0.05) is 0 Å². The lowest BCUT2D eigenvalue weighted by Gasteiger charge is -2.22. The second kappa shape index (κ2) is 7.93. The van der Waals surface area contributed by atoms with E-state index >= 15 is 0 Å². The van der Waals surface area contributed by atoms with Gasteiger partial charge in [0.05, 0.1) is 17.0 Å². The van der Waals surface area contributed by atoms with Gasteiger partial charge in [0.1, 0.15) is 22.1 Å². The van der Waals surface area contributed by atoms with Gasteiger partial charge in [-0.3, -0.25) is 14.5 Å². The number of aromatic nitrogens is 2. The summed E-state index contributed by atoms with van der Waals surface area (Å²) in [6, 6.07) is 23.0. The number of amides is 1. The van der Waals surface area contributed by atoms with Crippen LogP contribution in [0.15, 0.2) is 88.1 Å². The number of ether oxygens (including phenoxy) is 1. The number of para-hydroxylation sites is 2. The molecule has 0 saturated heterocycles. The average Bonchev–Trinajstić information content (AvgIpc) is 3.41. The summed E-state index contributed by atoms with van der Waals surface area (Å²) >= 11 is 1.28. The second-order valence-corrected chi connectivity index (χ2v) is 9.00. The predicted molar refractivity (Wildman–Crippen MR) is 129 cm³/mol. The fourth-order valence-corrected chi connectivity index (χ4v) is 4.90. The molecular weight excluding hydrogens is 450 g/mol. The van der Waals surface area contributed by atoms with Crippen LogP contribution in [0.25, 0.3) is 11.0 Å². The number of nitrogens with zero attached hydrogens (tertiary/aromatic N) is 3. The van der Waals surface area contributed by atoms with Gasteiger partial charge in [-0.15, -0.1) is 10.2 Å². The molecule has 1 amide bonds. The number of aryl methyl sites for hydroxylation is 1. The number of hydrogen-bond donors (Lipinski definition) is 0. The highest BCUT2D eigenvalue weighted by molar-refractivity contribution is 7.15. The lowest BCUT2D eigenvalue weighted by atomic mass is 9.98. The molecule has 3 aromatic carbocycles. The van der Waals surface area contributed by atoms with Crippen molar-refractivity contribution in [3.05, 3.63) is 111 Å². The molecule has 2 aromatic heterocycles. The number of anilines is 1. The van der Waals surface area contributed by atoms with Gasteiger partial charge in [-0.2, -0.15) is 0 Å². The van der Waals surface area contributed by atoms with Crippen molar-refractivity contribution in [2.45, 2.75) is 13.0 Å². The second-order valence-electron chi connectivity index (χ2n) is 7.84. The molecule has 166 valence electrons. The van der Waals surface area contributed by atoms with Crippen molar-refractivity contribution in [3.8, 4) is 11.5 Å². The van der Waals surface area contributed by atoms with Gasteiger partial charge in [0.2, 0.25) is 10.9 Å². The summed E-state index contributed by atoms with van der Waals surface area (Å²) < 4.78 is 12.0. The van der Waals surface area contributed by atoms with Crippen molar-refractivity contribution < 1.29 is 13.9 Å². The van der Waals surface area contributed by atoms with Crippen LogP contribution in [0.1, 0.15) is 32.7 Å². The maximum Gasteiger partial charge on any atom is 0.297 e. The number of carbonyl (C=O) groups excluding carboxylic acids is 1. The molecule has 0 aliphatic carbocycles. The van der Waals surface area contributed by atoms with Crippen LogP contribution in [0.3, 0.4) is 0 Å². The zero-order chi connectivity index (χ0) is 23.2. The van der Waals surface area contributed by atoms with Gasteiger partial charge in [-0.05, 0) is 48.9 Å². The zero-order valence-corrected chi connectivity index (χ0v) is 18.8. The lowest BCUT2D eigenvalue weighted by Crippen LogP contribution is -2.29. The van der Waals surface area contributed by atoms with Gasteiger partial charge >= 0.3 is 0 Å². The first-order valence-electron chi connectivity index (χ1n) is 10.6. The smallest absolute Gasteiger partial charge is 0.297 e. The highest BCUT2D eigenvalue weighted by Gasteiger charge is 2.45. The molecule has 0 N–H and O–H groups in total. The summed E-state index contributed by atoms with van der Waals surface area (Å²) in [7, 11) is 0. The van der Waals surface area contributed by atoms with Crippen LogP contribution in [0, 0.1) is 6.92 Å². The van der Waals surface area contributed by atoms with E-state index in [9.17, 15) is 9.59 Å². The van der Waals surface area contributed by atoms with Crippen LogP contribution in [-0.2, 0) is 0 Å². The molecule has 8 heteroatoms. The minimum absolute atomic E-state index is 0.0240. The maximum absolute atomic E-state index is 13.6. The molecule has 0 saturated carbocycles. The van der Waals surface area contributed by atoms with E-state index in [4.69, 9.17) is 9.15 Å². The Balaban J connectivity index is 1.55. The number of hydrogen-bond acceptors (Lipinski definition) is 7. The summed E-state index contributed by atoms with van der Waals surface area (Å²) in [6.45, 7) is 1.82. The monoisotopic (exact) mass is 467 g/mol. The summed E-state index contributed by atoms with van der Waals surface area (Å²) in [6.07, 6.45) is 0. The van der Waals surface area contributed by atoms with E-state index in [1.807, 2.05) is 61.5 Å². The Hall–Kier alpha value is -4.30. The van der Waals surface area contributed by atoms with Gasteiger partial charge in [-0.25, -0.2) is 0 Å². The molecule has 34 heavy (non-hydrogen) atoms. The molecule has 0 bridgehead atoms. The van der Waals surface area contributed by atoms with Crippen molar-refractivity contribution in [1.82, 2.24) is 10.2 Å². The molecular formula is C26H17N3O4S. The predicted octanol–water partition coefficient (Wildman–Crippen LogP) is 5.50. The third kappa shape index (κ3) is 3.27. The minimum Gasteiger partial charge on any atom is -0.457 e. The van der Waals surface area contributed by atoms with Crippen LogP contribution in [0.2, 0.25) is 0 Å². The quantitative estimate of drug-likeness (QED) is 0.347. The van der Waals surface area contributed by atoms with Gasteiger partial charge < -0.3 is 9.15 Å². The number of carbonyl (C=O) groups is 1. The number of fused-ring (bicyclic) bond motifs is 2. The van der Waals surface area contributed by atoms with E-state index in [1.165, 1.54) is 16.2 Å². The minimum atomic E-state index is -0.727. The van der Waals surface area contributed by atoms with Crippen LogP contribution in [0.4, 0.5) is 5.13 Å². The maximum atomic E-state index is 13.6. The Morgan fingerprint density at radius 1 is 0.912 bits per heavy atom. The van der Waals surface area contributed by atoms with E-state index in [2.05, 4.69) is 10.2 Å². The first kappa shape index (κ1) is 20.3. The van der Waals surface area contributed by atoms with E-state index in [0.717, 1.165) is 0 Å². The largest absolute Gasteiger partial charge is 0.457 e. The molecule has 1 aliphatic rings. The van der Waals surface area contributed by atoms with Crippen LogP contribution in [0.5, 0.6) is 11.5 Å². The normalized spacial score (nSPS) is 15.0. The third-order valence-electron chi connectivity index (χ3n) is 5.65. The first-order valence-corrected chi connectivity index (χ1v) is 11.4. The summed E-state index contributed by atoms with van der Waals surface area (Å²) in [5, 5.41) is 9.81. The number of rotatable bonds is 4. The molecule has 6 rings (SSSR count). The summed E-state index contributed by atoms with van der Waals surface area (Å²) in [5.41, 5.74) is 1.12. The molecule has 1 aliphatic heterocycles. The molecule has 1 unspecified atom stereocenters. The Kier molecular flexibility index (Phi) is 4.74. The summed E-state index contributed by atoms with van der Waals surface area (Å²) in [4.78, 5) is 28.7. The van der Waals surface area contributed by atoms with Crippen LogP contribution in [-0.4, -0.2) is 16.1 Å². The zero-order valence-electron chi connectivity index (χ0n) is 18.0. The van der Waals surface area contributed by atoms with Crippen molar-refractivity contribution in [2.24, 2.45) is 0 Å². The van der Waals surface area contributed by atoms with E-state index < -0.39 is 11.9 Å². The molecule has 0 radical (unpaired) electrons. The molecule has 3 heterocycles. The van der Waals surface area contributed by atoms with Gasteiger partial charge in [0.25, 0.3) is 5.91 Å². The van der Waals surface area contributed by atoms with Crippen molar-refractivity contribution in [3.63, 3.8) is 0 Å². The molecule has 0 fully saturated rings. The SMILES string of the molecule is Cc1nnc(N2C(=O)c3oc4ccccc4c(=O)c3C2c2cccc(Oc3ccccc3)c2)s1. The Bertz CT molecular complexity index is 1610. The highest BCUT2D eigenvalue weighted by atomic mass is 32.1. The first-order chi connectivity index (χ1) is 16.6. The molecule has 0 spiro atoms. The Morgan fingerprint density at radius 2 is 1.68 bits per heavy atom. The van der Waals surface area contributed by atoms with E-state index in [1.54, 1.807) is 24.3 Å². The fraction of sp³-hybridized carbons (Fsp3) is 0.0769. The Morgan fingerprint density at radius 3 is 2.47 bits per heavy atom. The van der Waals surface area contributed by atoms with Gasteiger partial charge in [0.15, 0.2) is 5.43 Å². The standard InChI is InChI=1S/C26H17N3O4S/c1-15-27-28-26(34-15)29-22(16-8-7-11-18(14-16)32-17-9-3-2-4-10-17)21-23(30)19-12-5-6-13-20(19)33-24(21)25(29)31/h2-14,22H,1H3. The highest BCUT2D eigenvalue weighted by Crippen LogP contribution is 2.42. The lowest BCUT2D eigenvalue weighted by molar-refractivity contribution is 0.0970. The fourth-order valence-electron chi connectivity index (χ4n) is 4.19. The summed E-state index contributed by atoms with van der Waals surface area (Å²) in [5.74, 6) is 0.872. The molecule has 1 atom stereocenters. The Labute approximate surface area is 197 Å². The number of benzene rings is 3. The third-order valence-corrected chi connectivity index (χ3v) is 6.49. The van der Waals surface area contributed by atoms with Crippen molar-refractivity contribution >= 4 is 33.3 Å². The van der Waals surface area contributed by atoms with Crippen LogP contribution < -0.4 is 15.1 Å². The van der Waals surface area contributed by atoms with Gasteiger partial charge in [-0.1, -0.05) is 53.8 Å². The molecule has 7 nitrogen and oxygen atoms in total. The van der Waals surface area contributed by atoms with Crippen molar-refractivity contribution in [1.29, 1.82) is 0 Å². The van der Waals surface area contributed by atoms with E-state index in [0.29, 0.717) is 38.2 Å².